The van der Waals surface area contributed by atoms with Gasteiger partial charge in [-0.05, 0) is 18.6 Å². The Morgan fingerprint density at radius 3 is 2.69 bits per heavy atom. The quantitative estimate of drug-likeness (QED) is 0.536. The molecule has 0 saturated carbocycles. The van der Waals surface area contributed by atoms with Crippen molar-refractivity contribution in [2.45, 2.75) is 6.92 Å². The fourth-order valence-electron chi connectivity index (χ4n) is 0.694. The summed E-state index contributed by atoms with van der Waals surface area (Å²) in [6.07, 6.45) is 1.66. The molecule has 0 fully saturated rings. The van der Waals surface area contributed by atoms with Crippen LogP contribution in [0.4, 0.5) is 5.82 Å². The summed E-state index contributed by atoms with van der Waals surface area (Å²) >= 11 is 5.71. The van der Waals surface area contributed by atoms with E-state index in [0.717, 1.165) is 5.56 Å². The maximum atomic E-state index is 5.71. The first kappa shape index (κ1) is 9.92. The number of aryl methyl sites for hydroxylation is 1. The summed E-state index contributed by atoms with van der Waals surface area (Å²) in [6.45, 7) is 1.87. The Morgan fingerprint density at radius 2 is 2.15 bits per heavy atom. The number of hydrogen-bond acceptors (Lipinski definition) is 3. The van der Waals surface area contributed by atoms with Crippen molar-refractivity contribution in [2.24, 2.45) is 4.99 Å². The standard InChI is InChI=1S/C8H11ClN4/c1-6-4-7(10-5-13(2)3)11-12-8(6)9/h4-5H,1-3H3/b10-5+. The Hall–Kier alpha value is -1.16. The van der Waals surface area contributed by atoms with Gasteiger partial charge < -0.3 is 4.90 Å². The van der Waals surface area contributed by atoms with Crippen molar-refractivity contribution in [1.82, 2.24) is 15.1 Å². The Labute approximate surface area is 82.3 Å². The highest BCUT2D eigenvalue weighted by Gasteiger charge is 1.98. The maximum Gasteiger partial charge on any atom is 0.176 e. The van der Waals surface area contributed by atoms with Crippen molar-refractivity contribution in [3.05, 3.63) is 16.8 Å². The van der Waals surface area contributed by atoms with E-state index in [1.807, 2.05) is 25.9 Å². The molecule has 1 heterocycles. The van der Waals surface area contributed by atoms with Crippen LogP contribution in [0.3, 0.4) is 0 Å². The molecule has 1 rings (SSSR count). The Kier molecular flexibility index (Phi) is 3.19. The largest absolute Gasteiger partial charge is 0.369 e. The fourth-order valence-corrected chi connectivity index (χ4v) is 0.786. The number of aliphatic imine (C=N–C) groups is 1. The molecule has 0 amide bonds. The van der Waals surface area contributed by atoms with Crippen molar-refractivity contribution in [3.63, 3.8) is 0 Å². The van der Waals surface area contributed by atoms with Crippen molar-refractivity contribution in [3.8, 4) is 0 Å². The van der Waals surface area contributed by atoms with Gasteiger partial charge in [-0.15, -0.1) is 10.2 Å². The minimum atomic E-state index is 0.420. The number of rotatable bonds is 2. The normalized spacial score (nSPS) is 10.8. The maximum absolute atomic E-state index is 5.71. The fraction of sp³-hybridized carbons (Fsp3) is 0.375. The van der Waals surface area contributed by atoms with Crippen molar-refractivity contribution < 1.29 is 0 Å². The van der Waals surface area contributed by atoms with Crippen LogP contribution in [0.2, 0.25) is 5.15 Å². The lowest BCUT2D eigenvalue weighted by atomic mass is 10.3. The average molecular weight is 199 g/mol. The Balaban J connectivity index is 2.85. The third-order valence-corrected chi connectivity index (χ3v) is 1.71. The molecule has 1 aromatic rings. The van der Waals surface area contributed by atoms with Crippen LogP contribution >= 0.6 is 11.6 Å². The third-order valence-electron chi connectivity index (χ3n) is 1.33. The molecule has 4 nitrogen and oxygen atoms in total. The van der Waals surface area contributed by atoms with Crippen LogP contribution in [0.15, 0.2) is 11.1 Å². The van der Waals surface area contributed by atoms with E-state index in [9.17, 15) is 0 Å². The molecule has 0 aromatic carbocycles. The number of aromatic nitrogens is 2. The van der Waals surface area contributed by atoms with Gasteiger partial charge in [-0.1, -0.05) is 11.6 Å². The summed E-state index contributed by atoms with van der Waals surface area (Å²) in [5.41, 5.74) is 0.877. The zero-order chi connectivity index (χ0) is 9.84. The number of nitrogens with zero attached hydrogens (tertiary/aromatic N) is 4. The van der Waals surface area contributed by atoms with Crippen LogP contribution in [-0.4, -0.2) is 35.5 Å². The summed E-state index contributed by atoms with van der Waals surface area (Å²) in [5.74, 6) is 0.565. The molecule has 0 saturated heterocycles. The molecule has 1 aromatic heterocycles. The Bertz CT molecular complexity index is 322. The lowest BCUT2D eigenvalue weighted by Gasteiger charge is -2.01. The summed E-state index contributed by atoms with van der Waals surface area (Å²) in [4.78, 5) is 5.90. The molecule has 5 heteroatoms. The molecule has 13 heavy (non-hydrogen) atoms. The highest BCUT2D eigenvalue weighted by Crippen LogP contribution is 2.14. The number of halogens is 1. The van der Waals surface area contributed by atoms with E-state index in [2.05, 4.69) is 15.2 Å². The van der Waals surface area contributed by atoms with E-state index in [1.54, 1.807) is 12.4 Å². The first-order chi connectivity index (χ1) is 6.09. The molecule has 0 aliphatic carbocycles. The molecule has 0 aliphatic heterocycles. The van der Waals surface area contributed by atoms with Gasteiger partial charge >= 0.3 is 0 Å². The molecule has 70 valence electrons. The van der Waals surface area contributed by atoms with Gasteiger partial charge in [0.05, 0.1) is 6.34 Å². The van der Waals surface area contributed by atoms with Gasteiger partial charge in [0.15, 0.2) is 11.0 Å². The van der Waals surface area contributed by atoms with Crippen molar-refractivity contribution in [2.75, 3.05) is 14.1 Å². The van der Waals surface area contributed by atoms with E-state index in [0.29, 0.717) is 11.0 Å². The van der Waals surface area contributed by atoms with Gasteiger partial charge in [-0.3, -0.25) is 0 Å². The summed E-state index contributed by atoms with van der Waals surface area (Å²) in [7, 11) is 3.78. The molecule has 0 radical (unpaired) electrons. The predicted octanol–water partition coefficient (Wildman–Crippen LogP) is 1.66. The van der Waals surface area contributed by atoms with Crippen LogP contribution in [0.5, 0.6) is 0 Å². The Morgan fingerprint density at radius 1 is 1.46 bits per heavy atom. The van der Waals surface area contributed by atoms with E-state index in [-0.39, 0.29) is 0 Å². The number of hydrogen-bond donors (Lipinski definition) is 0. The van der Waals surface area contributed by atoms with E-state index in [4.69, 9.17) is 11.6 Å². The minimum Gasteiger partial charge on any atom is -0.369 e. The smallest absolute Gasteiger partial charge is 0.176 e. The van der Waals surface area contributed by atoms with Crippen molar-refractivity contribution in [1.29, 1.82) is 0 Å². The molecule has 0 aliphatic rings. The highest BCUT2D eigenvalue weighted by atomic mass is 35.5. The summed E-state index contributed by atoms with van der Waals surface area (Å²) in [5, 5.41) is 7.96. The monoisotopic (exact) mass is 198 g/mol. The molecule has 0 unspecified atom stereocenters. The minimum absolute atomic E-state index is 0.420. The van der Waals surface area contributed by atoms with Crippen molar-refractivity contribution >= 4 is 23.8 Å². The van der Waals surface area contributed by atoms with Crippen LogP contribution in [0.25, 0.3) is 0 Å². The van der Waals surface area contributed by atoms with E-state index in [1.165, 1.54) is 0 Å². The summed E-state index contributed by atoms with van der Waals surface area (Å²) in [6, 6.07) is 1.79. The van der Waals surface area contributed by atoms with Crippen LogP contribution in [0, 0.1) is 6.92 Å². The zero-order valence-electron chi connectivity index (χ0n) is 7.82. The van der Waals surface area contributed by atoms with Crippen LogP contribution in [0.1, 0.15) is 5.56 Å². The second-order valence-corrected chi connectivity index (χ2v) is 3.24. The molecule has 0 bridgehead atoms. The SMILES string of the molecule is Cc1cc(/N=C/N(C)C)nnc1Cl. The van der Waals surface area contributed by atoms with Crippen LogP contribution in [-0.2, 0) is 0 Å². The molecule has 0 atom stereocenters. The van der Waals surface area contributed by atoms with Crippen LogP contribution < -0.4 is 0 Å². The first-order valence-corrected chi connectivity index (χ1v) is 4.18. The summed E-state index contributed by atoms with van der Waals surface area (Å²) < 4.78 is 0. The molecule has 0 spiro atoms. The highest BCUT2D eigenvalue weighted by molar-refractivity contribution is 6.30. The molecule has 0 N–H and O–H groups in total. The van der Waals surface area contributed by atoms with Gasteiger partial charge in [-0.25, -0.2) is 4.99 Å². The van der Waals surface area contributed by atoms with Gasteiger partial charge in [0, 0.05) is 14.1 Å². The zero-order valence-corrected chi connectivity index (χ0v) is 8.58. The van der Waals surface area contributed by atoms with Gasteiger partial charge in [0.1, 0.15) is 0 Å². The topological polar surface area (TPSA) is 41.4 Å². The molecular weight excluding hydrogens is 188 g/mol. The van der Waals surface area contributed by atoms with Gasteiger partial charge in [-0.2, -0.15) is 0 Å². The van der Waals surface area contributed by atoms with E-state index >= 15 is 0 Å². The predicted molar refractivity (Wildman–Crippen MR) is 53.6 cm³/mol. The van der Waals surface area contributed by atoms with E-state index < -0.39 is 0 Å². The first-order valence-electron chi connectivity index (χ1n) is 3.80. The second-order valence-electron chi connectivity index (χ2n) is 2.88. The lowest BCUT2D eigenvalue weighted by molar-refractivity contribution is 0.642. The molecular formula is C8H11ClN4. The lowest BCUT2D eigenvalue weighted by Crippen LogP contribution is -2.07. The third kappa shape index (κ3) is 2.99. The second kappa shape index (κ2) is 4.18. The average Bonchev–Trinajstić information content (AvgIpc) is 2.07. The van der Waals surface area contributed by atoms with Gasteiger partial charge in [0.25, 0.3) is 0 Å². The van der Waals surface area contributed by atoms with Gasteiger partial charge in [0.2, 0.25) is 0 Å².